The number of rotatable bonds is 6. The number of hydrogen-bond donors (Lipinski definition) is 3. The molecule has 0 aromatic heterocycles. The minimum absolute atomic E-state index is 0.0230. The van der Waals surface area contributed by atoms with E-state index in [4.69, 9.17) is 15.9 Å². The van der Waals surface area contributed by atoms with Crippen LogP contribution in [0.5, 0.6) is 0 Å². The zero-order valence-corrected chi connectivity index (χ0v) is 9.48. The van der Waals surface area contributed by atoms with E-state index in [1.807, 2.05) is 0 Å². The van der Waals surface area contributed by atoms with Crippen molar-refractivity contribution in [2.24, 2.45) is 5.73 Å². The molecule has 1 atom stereocenters. The molecule has 12 heavy (non-hydrogen) atoms. The predicted octanol–water partition coefficient (Wildman–Crippen LogP) is -1.80. The Hall–Kier alpha value is -0.363. The first-order chi connectivity index (χ1) is 5.70. The summed E-state index contributed by atoms with van der Waals surface area (Å²) in [6.07, 6.45) is 3.22. The van der Waals surface area contributed by atoms with Crippen LogP contribution in [0.1, 0.15) is 6.42 Å². The molecule has 0 saturated carbocycles. The fraction of sp³-hybridized carbons (Fsp3) is 0.714. The Labute approximate surface area is 76.1 Å². The molecule has 0 aliphatic heterocycles. The van der Waals surface area contributed by atoms with E-state index < -0.39 is 6.23 Å². The van der Waals surface area contributed by atoms with E-state index in [2.05, 4.69) is 0 Å². The van der Waals surface area contributed by atoms with Gasteiger partial charge in [0.05, 0.1) is 0 Å². The molecule has 0 saturated heterocycles. The molecule has 0 bridgehead atoms. The van der Waals surface area contributed by atoms with Crippen molar-refractivity contribution in [3.05, 3.63) is 12.3 Å². The fourth-order valence-corrected chi connectivity index (χ4v) is 1.08. The number of aliphatic hydroxyl groups excluding tert-OH is 2. The molecule has 0 heterocycles. The van der Waals surface area contributed by atoms with Crippen LogP contribution in [0.15, 0.2) is 12.3 Å². The lowest BCUT2D eigenvalue weighted by molar-refractivity contribution is 0.149. The predicted molar refractivity (Wildman–Crippen MR) is 52.5 cm³/mol. The lowest BCUT2D eigenvalue weighted by atomic mass is 10.4. The van der Waals surface area contributed by atoms with E-state index in [9.17, 15) is 0 Å². The van der Waals surface area contributed by atoms with Crippen LogP contribution in [-0.2, 0) is 0 Å². The summed E-state index contributed by atoms with van der Waals surface area (Å²) in [5.74, 6) is 0. The Bertz CT molecular complexity index is 131. The van der Waals surface area contributed by atoms with Crippen LogP contribution < -0.4 is 5.73 Å². The lowest BCUT2D eigenvalue weighted by Gasteiger charge is -2.16. The van der Waals surface area contributed by atoms with E-state index in [0.717, 1.165) is 13.0 Å². The van der Waals surface area contributed by atoms with Gasteiger partial charge in [-0.05, 0) is 12.5 Å². The number of hydrogen-bond acceptors (Lipinski definition) is 4. The lowest BCUT2D eigenvalue weighted by Crippen LogP contribution is -2.22. The Balaban J connectivity index is 3.66. The Morgan fingerprint density at radius 2 is 2.25 bits per heavy atom. The highest BCUT2D eigenvalue weighted by molar-refractivity contribution is 6.08. The quantitative estimate of drug-likeness (QED) is 0.341. The fourth-order valence-electron chi connectivity index (χ4n) is 0.763. The maximum absolute atomic E-state index is 8.83. The van der Waals surface area contributed by atoms with E-state index in [-0.39, 0.29) is 6.73 Å². The van der Waals surface area contributed by atoms with Gasteiger partial charge in [-0.1, -0.05) is 6.04 Å². The molecule has 0 unspecified atom stereocenters. The van der Waals surface area contributed by atoms with Crippen LogP contribution >= 0.6 is 0 Å². The van der Waals surface area contributed by atoms with Gasteiger partial charge >= 0.3 is 0 Å². The summed E-state index contributed by atoms with van der Waals surface area (Å²) in [6, 6.07) is 1.22. The van der Waals surface area contributed by atoms with Gasteiger partial charge in [-0.15, -0.1) is 0 Å². The third kappa shape index (κ3) is 6.35. The zero-order valence-electron chi connectivity index (χ0n) is 7.48. The van der Waals surface area contributed by atoms with E-state index in [1.54, 1.807) is 11.1 Å². The highest BCUT2D eigenvalue weighted by Gasteiger charge is 1.95. The maximum atomic E-state index is 8.83. The second-order valence-corrected chi connectivity index (χ2v) is 3.64. The van der Waals surface area contributed by atoms with Gasteiger partial charge in [-0.3, -0.25) is 0 Å². The second-order valence-electron chi connectivity index (χ2n) is 2.64. The van der Waals surface area contributed by atoms with Crippen molar-refractivity contribution in [1.29, 1.82) is 0 Å². The summed E-state index contributed by atoms with van der Waals surface area (Å²) in [4.78, 5) is 1.72. The summed E-state index contributed by atoms with van der Waals surface area (Å²) in [5, 5.41) is 17.5. The topological polar surface area (TPSA) is 69.7 Å². The van der Waals surface area contributed by atoms with Crippen LogP contribution in [0, 0.1) is 0 Å². The molecular weight excluding hydrogens is 172 g/mol. The van der Waals surface area contributed by atoms with Gasteiger partial charge in [0.15, 0.2) is 0 Å². The van der Waals surface area contributed by atoms with Gasteiger partial charge in [-0.2, -0.15) is 0 Å². The van der Waals surface area contributed by atoms with Gasteiger partial charge in [0, 0.05) is 23.0 Å². The van der Waals surface area contributed by atoms with Crippen molar-refractivity contribution >= 4 is 10.2 Å². The molecule has 0 fully saturated rings. The minimum atomic E-state index is -0.935. The van der Waals surface area contributed by atoms with Gasteiger partial charge < -0.3 is 20.8 Å². The number of nitrogens with zero attached hydrogens (tertiary/aromatic N) is 1. The molecule has 4 nitrogen and oxygen atoms in total. The number of nitrogens with two attached hydrogens (primary N) is 1. The highest BCUT2D eigenvalue weighted by Crippen LogP contribution is 1.94. The van der Waals surface area contributed by atoms with E-state index >= 15 is 0 Å². The number of aliphatic hydroxyl groups is 2. The zero-order chi connectivity index (χ0) is 9.40. The molecule has 0 aliphatic rings. The van der Waals surface area contributed by atoms with Gasteiger partial charge in [0.1, 0.15) is 13.0 Å². The molecular formula is C7H18N2O2Si. The summed E-state index contributed by atoms with van der Waals surface area (Å²) >= 11 is 0. The van der Waals surface area contributed by atoms with Crippen molar-refractivity contribution in [3.63, 3.8) is 0 Å². The van der Waals surface area contributed by atoms with Crippen LogP contribution in [-0.4, -0.2) is 44.9 Å². The van der Waals surface area contributed by atoms with Gasteiger partial charge in [-0.25, -0.2) is 0 Å². The molecule has 0 spiro atoms. The average molecular weight is 190 g/mol. The van der Waals surface area contributed by atoms with Gasteiger partial charge in [0.25, 0.3) is 0 Å². The molecule has 72 valence electrons. The minimum Gasteiger partial charge on any atom is -0.376 e. The molecule has 0 aromatic carbocycles. The Morgan fingerprint density at radius 1 is 1.58 bits per heavy atom. The van der Waals surface area contributed by atoms with Crippen LogP contribution in [0.2, 0.25) is 6.04 Å². The third-order valence-electron chi connectivity index (χ3n) is 1.47. The van der Waals surface area contributed by atoms with E-state index in [0.29, 0.717) is 0 Å². The molecule has 0 aromatic rings. The molecule has 0 amide bonds. The van der Waals surface area contributed by atoms with Crippen LogP contribution in [0.25, 0.3) is 0 Å². The Kier molecular flexibility index (Phi) is 7.07. The Morgan fingerprint density at radius 3 is 2.67 bits per heavy atom. The molecule has 0 rings (SSSR count). The normalized spacial score (nSPS) is 13.9. The standard InChI is InChI=1S/C7H18N2O2Si/c8-7(11)2-4-9(6-10)3-1-5-12/h2,4,7,10-11H,1,3,5-6,8H2,12H3/b4-2-/t7-/m1/s1. The van der Waals surface area contributed by atoms with Crippen molar-refractivity contribution in [1.82, 2.24) is 4.90 Å². The first-order valence-corrected chi connectivity index (χ1v) is 5.59. The smallest absolute Gasteiger partial charge is 0.123 e. The third-order valence-corrected chi connectivity index (χ3v) is 2.18. The van der Waals surface area contributed by atoms with Crippen LogP contribution in [0.3, 0.4) is 0 Å². The van der Waals surface area contributed by atoms with Crippen molar-refractivity contribution in [3.8, 4) is 0 Å². The second kappa shape index (κ2) is 7.29. The first-order valence-electron chi connectivity index (χ1n) is 4.17. The maximum Gasteiger partial charge on any atom is 0.123 e. The summed E-state index contributed by atoms with van der Waals surface area (Å²) < 4.78 is 0. The van der Waals surface area contributed by atoms with Crippen molar-refractivity contribution < 1.29 is 10.2 Å². The van der Waals surface area contributed by atoms with Crippen LogP contribution in [0.4, 0.5) is 0 Å². The summed E-state index contributed by atoms with van der Waals surface area (Å²) in [7, 11) is 1.19. The van der Waals surface area contributed by atoms with E-state index in [1.165, 1.54) is 22.4 Å². The highest BCUT2D eigenvalue weighted by atomic mass is 28.1. The summed E-state index contributed by atoms with van der Waals surface area (Å²) in [6.45, 7) is 0.800. The SMILES string of the molecule is N[C@H](O)/C=C\N(CO)CCC[SiH3]. The monoisotopic (exact) mass is 190 g/mol. The first kappa shape index (κ1) is 11.6. The largest absolute Gasteiger partial charge is 0.376 e. The van der Waals surface area contributed by atoms with Crippen molar-refractivity contribution in [2.45, 2.75) is 18.7 Å². The summed E-state index contributed by atoms with van der Waals surface area (Å²) in [5.41, 5.74) is 5.09. The average Bonchev–Trinajstić information content (AvgIpc) is 2.05. The molecule has 0 radical (unpaired) electrons. The molecule has 5 heteroatoms. The van der Waals surface area contributed by atoms with Gasteiger partial charge in [0.2, 0.25) is 0 Å². The molecule has 0 aliphatic carbocycles. The molecule has 4 N–H and O–H groups in total. The van der Waals surface area contributed by atoms with Crippen molar-refractivity contribution in [2.75, 3.05) is 13.3 Å².